The van der Waals surface area contributed by atoms with Gasteiger partial charge >= 0.3 is 5.97 Å². The normalized spacial score (nSPS) is 11.6. The zero-order chi connectivity index (χ0) is 17.5. The van der Waals surface area contributed by atoms with E-state index in [1.54, 1.807) is 30.3 Å². The summed E-state index contributed by atoms with van der Waals surface area (Å²) in [7, 11) is 1.30. The van der Waals surface area contributed by atoms with Gasteiger partial charge in [0.1, 0.15) is 0 Å². The number of hydrogen-bond donors (Lipinski definition) is 1. The number of halogens is 2. The molecule has 1 amide bonds. The van der Waals surface area contributed by atoms with Crippen molar-refractivity contribution < 1.29 is 14.3 Å². The van der Waals surface area contributed by atoms with Gasteiger partial charge in [-0.1, -0.05) is 57.9 Å². The Bertz CT molecular complexity index is 718. The Morgan fingerprint density at radius 2 is 1.83 bits per heavy atom. The molecule has 0 aliphatic heterocycles. The predicted molar refractivity (Wildman–Crippen MR) is 96.8 cm³/mol. The van der Waals surface area contributed by atoms with E-state index in [0.717, 1.165) is 10.0 Å². The molecule has 4 nitrogen and oxygen atoms in total. The average Bonchev–Trinajstić information content (AvgIpc) is 2.59. The molecule has 2 aromatic rings. The van der Waals surface area contributed by atoms with Crippen molar-refractivity contribution in [3.05, 3.63) is 69.2 Å². The maximum atomic E-state index is 12.2. The minimum Gasteiger partial charge on any atom is -0.467 e. The maximum Gasteiger partial charge on any atom is 0.333 e. The quantitative estimate of drug-likeness (QED) is 0.731. The number of carbonyl (C=O) groups excluding carboxylic acids is 2. The molecular weight excluding hydrogens is 394 g/mol. The molecule has 2 aromatic carbocycles. The summed E-state index contributed by atoms with van der Waals surface area (Å²) in [6.07, 6.45) is 0.730. The Hall–Kier alpha value is -1.85. The number of benzene rings is 2. The van der Waals surface area contributed by atoms with Crippen LogP contribution in [0.1, 0.15) is 23.6 Å². The third kappa shape index (κ3) is 5.08. The van der Waals surface area contributed by atoms with Crippen LogP contribution in [0.25, 0.3) is 0 Å². The fraction of sp³-hybridized carbons (Fsp3) is 0.222. The summed E-state index contributed by atoms with van der Waals surface area (Å²) in [6, 6.07) is 13.7. The van der Waals surface area contributed by atoms with Gasteiger partial charge in [-0.05, 0) is 35.7 Å². The van der Waals surface area contributed by atoms with E-state index in [1.165, 1.54) is 7.11 Å². The van der Waals surface area contributed by atoms with Crippen molar-refractivity contribution in [2.24, 2.45) is 0 Å². The third-order valence-electron chi connectivity index (χ3n) is 3.52. The van der Waals surface area contributed by atoms with Gasteiger partial charge in [-0.2, -0.15) is 0 Å². The number of methoxy groups -OCH3 is 1. The third-order valence-corrected chi connectivity index (χ3v) is 4.42. The molecule has 1 atom stereocenters. The van der Waals surface area contributed by atoms with Crippen molar-refractivity contribution in [3.63, 3.8) is 0 Å². The fourth-order valence-corrected chi connectivity index (χ4v) is 2.73. The van der Waals surface area contributed by atoms with Gasteiger partial charge in [-0.3, -0.25) is 4.79 Å². The second kappa shape index (κ2) is 8.85. The van der Waals surface area contributed by atoms with Crippen molar-refractivity contribution in [1.82, 2.24) is 5.32 Å². The molecule has 0 bridgehead atoms. The minimum atomic E-state index is -0.832. The van der Waals surface area contributed by atoms with E-state index in [9.17, 15) is 9.59 Å². The molecule has 1 unspecified atom stereocenters. The van der Waals surface area contributed by atoms with Crippen molar-refractivity contribution in [3.8, 4) is 0 Å². The molecule has 24 heavy (non-hydrogen) atoms. The molecule has 0 aliphatic rings. The number of esters is 1. The first-order valence-electron chi connectivity index (χ1n) is 7.37. The van der Waals surface area contributed by atoms with Crippen molar-refractivity contribution >= 4 is 39.4 Å². The van der Waals surface area contributed by atoms with E-state index in [-0.39, 0.29) is 12.3 Å². The van der Waals surface area contributed by atoms with Crippen molar-refractivity contribution in [2.75, 3.05) is 7.11 Å². The Morgan fingerprint density at radius 1 is 1.17 bits per heavy atom. The molecule has 0 spiro atoms. The average molecular weight is 411 g/mol. The van der Waals surface area contributed by atoms with Gasteiger partial charge in [0.2, 0.25) is 5.91 Å². The van der Waals surface area contributed by atoms with Gasteiger partial charge < -0.3 is 10.1 Å². The summed E-state index contributed by atoms with van der Waals surface area (Å²) in [5, 5.41) is 3.35. The lowest BCUT2D eigenvalue weighted by Crippen LogP contribution is -2.34. The van der Waals surface area contributed by atoms with Crippen molar-refractivity contribution in [1.29, 1.82) is 0 Å². The Labute approximate surface area is 154 Å². The molecule has 0 aromatic heterocycles. The van der Waals surface area contributed by atoms with Crippen LogP contribution in [-0.4, -0.2) is 19.0 Å². The lowest BCUT2D eigenvalue weighted by molar-refractivity contribution is -0.145. The smallest absolute Gasteiger partial charge is 0.333 e. The molecular formula is C18H17BrClNO3. The number of rotatable bonds is 6. The molecule has 0 fully saturated rings. The number of nitrogens with one attached hydrogen (secondary N) is 1. The van der Waals surface area contributed by atoms with Crippen LogP contribution in [0.5, 0.6) is 0 Å². The van der Waals surface area contributed by atoms with Crippen LogP contribution >= 0.6 is 27.5 Å². The molecule has 0 heterocycles. The summed E-state index contributed by atoms with van der Waals surface area (Å²) < 4.78 is 5.68. The highest BCUT2D eigenvalue weighted by Gasteiger charge is 2.23. The molecule has 0 saturated carbocycles. The van der Waals surface area contributed by atoms with E-state index in [4.69, 9.17) is 16.3 Å². The second-order valence-electron chi connectivity index (χ2n) is 5.17. The van der Waals surface area contributed by atoms with E-state index < -0.39 is 12.0 Å². The summed E-state index contributed by atoms with van der Waals surface area (Å²) in [6.45, 7) is 0. The zero-order valence-corrected chi connectivity index (χ0v) is 15.4. The molecule has 0 radical (unpaired) electrons. The lowest BCUT2D eigenvalue weighted by Gasteiger charge is -2.17. The van der Waals surface area contributed by atoms with Crippen LogP contribution < -0.4 is 5.32 Å². The highest BCUT2D eigenvalue weighted by molar-refractivity contribution is 9.10. The Morgan fingerprint density at radius 3 is 2.46 bits per heavy atom. The summed E-state index contributed by atoms with van der Waals surface area (Å²) in [5.41, 5.74) is 1.56. The predicted octanol–water partition coefficient (Wildman–Crippen LogP) is 4.07. The highest BCUT2D eigenvalue weighted by atomic mass is 79.9. The second-order valence-corrected chi connectivity index (χ2v) is 6.49. The standard InChI is InChI=1S/C18H17BrClNO3/c1-24-18(23)17(13-6-9-14(19)10-7-13)21-16(22)11-8-12-4-2-3-5-15(12)20/h2-7,9-10,17H,8,11H2,1H3,(H,21,22). The van der Waals surface area contributed by atoms with Crippen LogP contribution in [0, 0.1) is 0 Å². The van der Waals surface area contributed by atoms with Gasteiger partial charge in [0.05, 0.1) is 7.11 Å². The fourth-order valence-electron chi connectivity index (χ4n) is 2.23. The lowest BCUT2D eigenvalue weighted by atomic mass is 10.1. The molecule has 1 N–H and O–H groups in total. The van der Waals surface area contributed by atoms with Gasteiger partial charge in [0, 0.05) is 15.9 Å². The van der Waals surface area contributed by atoms with Crippen LogP contribution in [0.3, 0.4) is 0 Å². The van der Waals surface area contributed by atoms with Gasteiger partial charge in [-0.15, -0.1) is 0 Å². The van der Waals surface area contributed by atoms with Gasteiger partial charge in [-0.25, -0.2) is 4.79 Å². The van der Waals surface area contributed by atoms with Gasteiger partial charge in [0.15, 0.2) is 6.04 Å². The van der Waals surface area contributed by atoms with Crippen LogP contribution in [0.4, 0.5) is 0 Å². The van der Waals surface area contributed by atoms with E-state index in [2.05, 4.69) is 21.2 Å². The number of amides is 1. The van der Waals surface area contributed by atoms with Crippen LogP contribution in [0.15, 0.2) is 53.0 Å². The first kappa shape index (κ1) is 18.5. The van der Waals surface area contributed by atoms with Crippen LogP contribution in [-0.2, 0) is 20.7 Å². The summed E-state index contributed by atoms with van der Waals surface area (Å²) >= 11 is 9.43. The zero-order valence-electron chi connectivity index (χ0n) is 13.1. The summed E-state index contributed by atoms with van der Waals surface area (Å²) in [5.74, 6) is -0.753. The van der Waals surface area contributed by atoms with Crippen molar-refractivity contribution in [2.45, 2.75) is 18.9 Å². The largest absolute Gasteiger partial charge is 0.467 e. The van der Waals surface area contributed by atoms with E-state index >= 15 is 0 Å². The number of ether oxygens (including phenoxy) is 1. The first-order valence-corrected chi connectivity index (χ1v) is 8.54. The molecule has 0 aliphatic carbocycles. The number of carbonyl (C=O) groups is 2. The molecule has 2 rings (SSSR count). The molecule has 0 saturated heterocycles. The SMILES string of the molecule is COC(=O)C(NC(=O)CCc1ccccc1Cl)c1ccc(Br)cc1. The minimum absolute atomic E-state index is 0.230. The molecule has 126 valence electrons. The Kier molecular flexibility index (Phi) is 6.82. The monoisotopic (exact) mass is 409 g/mol. The van der Waals surface area contributed by atoms with E-state index in [0.29, 0.717) is 17.0 Å². The topological polar surface area (TPSA) is 55.4 Å². The number of hydrogen-bond acceptors (Lipinski definition) is 3. The van der Waals surface area contributed by atoms with Crippen LogP contribution in [0.2, 0.25) is 5.02 Å². The highest BCUT2D eigenvalue weighted by Crippen LogP contribution is 2.19. The van der Waals surface area contributed by atoms with E-state index in [1.807, 2.05) is 18.2 Å². The molecule has 6 heteroatoms. The Balaban J connectivity index is 2.03. The first-order chi connectivity index (χ1) is 11.5. The van der Waals surface area contributed by atoms with Gasteiger partial charge in [0.25, 0.3) is 0 Å². The number of aryl methyl sites for hydroxylation is 1. The maximum absolute atomic E-state index is 12.2. The summed E-state index contributed by atoms with van der Waals surface area (Å²) in [4.78, 5) is 24.2.